The molecule has 1 aliphatic rings. The van der Waals surface area contributed by atoms with Crippen LogP contribution in [0.5, 0.6) is 0 Å². The van der Waals surface area contributed by atoms with E-state index in [0.717, 1.165) is 38.5 Å². The summed E-state index contributed by atoms with van der Waals surface area (Å²) in [4.78, 5) is 19.1. The number of hydrogen-bond donors (Lipinski definition) is 1. The van der Waals surface area contributed by atoms with E-state index < -0.39 is 13.9 Å². The Morgan fingerprint density at radius 2 is 1.66 bits per heavy atom. The summed E-state index contributed by atoms with van der Waals surface area (Å²) in [6.07, 6.45) is 23.5. The molecule has 0 aromatic rings. The zero-order valence-corrected chi connectivity index (χ0v) is 22.1. The minimum absolute atomic E-state index is 0. The van der Waals surface area contributed by atoms with E-state index in [4.69, 9.17) is 14.4 Å². The van der Waals surface area contributed by atoms with Crippen molar-refractivity contribution in [1.82, 2.24) is 0 Å². The molecule has 0 spiro atoms. The first-order valence-electron chi connectivity index (χ1n) is 10.4. The summed E-state index contributed by atoms with van der Waals surface area (Å²) in [5, 5.41) is 0. The standard InChI is InChI=1S/C21H37O6P.K/c1-2-3-4-5-6-7-8-9-10-11-12-13-14-15-16-17-21-25-18-20(27-21)19-26-28(22,23)24;/h2-3,5-6,8-9,20-21H,4,7,10-19H2,1H3,(H2,22,23,24);/q;+1/p-1/b3-2+,6-5+,9-8+;. The van der Waals surface area contributed by atoms with Crippen molar-refractivity contribution in [3.05, 3.63) is 36.5 Å². The summed E-state index contributed by atoms with van der Waals surface area (Å²) in [5.74, 6) is 0. The number of phosphoric acid groups is 1. The Labute approximate surface area is 218 Å². The van der Waals surface area contributed by atoms with E-state index in [1.54, 1.807) is 0 Å². The maximum Gasteiger partial charge on any atom is 1.00 e. The number of phosphoric ester groups is 1. The molecule has 1 rings (SSSR count). The van der Waals surface area contributed by atoms with Crippen LogP contribution < -0.4 is 56.3 Å². The van der Waals surface area contributed by atoms with E-state index in [9.17, 15) is 9.46 Å². The minimum atomic E-state index is -4.69. The number of hydrogen-bond acceptors (Lipinski definition) is 5. The van der Waals surface area contributed by atoms with Crippen molar-refractivity contribution in [3.63, 3.8) is 0 Å². The maximum absolute atomic E-state index is 10.6. The van der Waals surface area contributed by atoms with Gasteiger partial charge in [-0.3, -0.25) is 4.57 Å². The van der Waals surface area contributed by atoms with E-state index in [-0.39, 0.29) is 64.3 Å². The smallest absolute Gasteiger partial charge is 0.756 e. The second kappa shape index (κ2) is 19.6. The van der Waals surface area contributed by atoms with Gasteiger partial charge >= 0.3 is 51.4 Å². The molecule has 6 nitrogen and oxygen atoms in total. The second-order valence-electron chi connectivity index (χ2n) is 6.97. The van der Waals surface area contributed by atoms with E-state index in [0.29, 0.717) is 6.61 Å². The van der Waals surface area contributed by atoms with Gasteiger partial charge in [-0.1, -0.05) is 62.1 Å². The van der Waals surface area contributed by atoms with Gasteiger partial charge in [0.05, 0.1) is 13.2 Å². The van der Waals surface area contributed by atoms with Gasteiger partial charge in [0, 0.05) is 0 Å². The fourth-order valence-corrected chi connectivity index (χ4v) is 3.26. The van der Waals surface area contributed by atoms with Crippen LogP contribution in [0.3, 0.4) is 0 Å². The SMILES string of the molecule is C/C=C/C/C=C/C/C=C/CCCCCCCCC1OCC(COP(=O)([O-])O)O1.[K+]. The third-order valence-electron chi connectivity index (χ3n) is 4.41. The number of rotatable bonds is 16. The van der Waals surface area contributed by atoms with Gasteiger partial charge in [-0.05, 0) is 45.4 Å². The average molecular weight is 455 g/mol. The first kappa shape index (κ1) is 29.9. The summed E-state index contributed by atoms with van der Waals surface area (Å²) in [7, 11) is -4.69. The van der Waals surface area contributed by atoms with E-state index in [2.05, 4.69) is 41.0 Å². The first-order chi connectivity index (χ1) is 13.5. The Hall–Kier alpha value is 0.886. The first-order valence-corrected chi connectivity index (χ1v) is 11.9. The van der Waals surface area contributed by atoms with Gasteiger partial charge in [0.15, 0.2) is 6.29 Å². The summed E-state index contributed by atoms with van der Waals surface area (Å²) in [6.45, 7) is 2.13. The molecule has 29 heavy (non-hydrogen) atoms. The average Bonchev–Trinajstić information content (AvgIpc) is 3.10. The van der Waals surface area contributed by atoms with Gasteiger partial charge < -0.3 is 23.8 Å². The van der Waals surface area contributed by atoms with Gasteiger partial charge in [-0.2, -0.15) is 0 Å². The predicted octanol–water partition coefficient (Wildman–Crippen LogP) is 1.80. The van der Waals surface area contributed by atoms with Crippen LogP contribution in [0.4, 0.5) is 0 Å². The molecule has 8 heteroatoms. The molecular formula is C21H36KO6P. The number of unbranched alkanes of at least 4 members (excludes halogenated alkanes) is 6. The monoisotopic (exact) mass is 454 g/mol. The largest absolute Gasteiger partial charge is 1.00 e. The minimum Gasteiger partial charge on any atom is -0.756 e. The maximum atomic E-state index is 10.6. The van der Waals surface area contributed by atoms with Gasteiger partial charge in [-0.15, -0.1) is 0 Å². The van der Waals surface area contributed by atoms with Crippen molar-refractivity contribution in [2.45, 2.75) is 83.5 Å². The Morgan fingerprint density at radius 1 is 1.03 bits per heavy atom. The van der Waals surface area contributed by atoms with Crippen LogP contribution >= 0.6 is 7.82 Å². The van der Waals surface area contributed by atoms with Crippen LogP contribution in [-0.4, -0.2) is 30.5 Å². The zero-order valence-electron chi connectivity index (χ0n) is 18.0. The van der Waals surface area contributed by atoms with Crippen LogP contribution in [0, 0.1) is 0 Å². The molecule has 0 aliphatic carbocycles. The molecule has 3 unspecified atom stereocenters. The predicted molar refractivity (Wildman–Crippen MR) is 110 cm³/mol. The van der Waals surface area contributed by atoms with Crippen molar-refractivity contribution in [1.29, 1.82) is 0 Å². The number of ether oxygens (including phenoxy) is 2. The molecule has 162 valence electrons. The molecule has 0 amide bonds. The van der Waals surface area contributed by atoms with Gasteiger partial charge in [-0.25, -0.2) is 0 Å². The molecule has 1 saturated heterocycles. The van der Waals surface area contributed by atoms with Crippen molar-refractivity contribution in [2.75, 3.05) is 13.2 Å². The van der Waals surface area contributed by atoms with Crippen molar-refractivity contribution < 1.29 is 79.7 Å². The third kappa shape index (κ3) is 19.3. The van der Waals surface area contributed by atoms with Crippen molar-refractivity contribution in [2.24, 2.45) is 0 Å². The van der Waals surface area contributed by atoms with Crippen LogP contribution in [-0.2, 0) is 18.6 Å². The summed E-state index contributed by atoms with van der Waals surface area (Å²) >= 11 is 0. The molecule has 0 aromatic carbocycles. The van der Waals surface area contributed by atoms with E-state index in [1.165, 1.54) is 25.7 Å². The van der Waals surface area contributed by atoms with E-state index in [1.807, 2.05) is 6.92 Å². The molecule has 0 bridgehead atoms. The molecule has 1 aliphatic heterocycles. The second-order valence-corrected chi connectivity index (χ2v) is 8.16. The zero-order chi connectivity index (χ0) is 20.5. The molecule has 0 radical (unpaired) electrons. The topological polar surface area (TPSA) is 88.1 Å². The fourth-order valence-electron chi connectivity index (χ4n) is 2.90. The molecular weight excluding hydrogens is 418 g/mol. The third-order valence-corrected chi connectivity index (χ3v) is 4.89. The van der Waals surface area contributed by atoms with Crippen LogP contribution in [0.25, 0.3) is 0 Å². The van der Waals surface area contributed by atoms with Crippen LogP contribution in [0.2, 0.25) is 0 Å². The normalized spacial score (nSPS) is 21.9. The Balaban J connectivity index is 0.00000784. The Morgan fingerprint density at radius 3 is 2.34 bits per heavy atom. The molecule has 1 N–H and O–H groups in total. The molecule has 1 heterocycles. The fraction of sp³-hybridized carbons (Fsp3) is 0.714. The quantitative estimate of drug-likeness (QED) is 0.166. The van der Waals surface area contributed by atoms with Gasteiger partial charge in [0.2, 0.25) is 0 Å². The molecule has 3 atom stereocenters. The van der Waals surface area contributed by atoms with Gasteiger partial charge in [0.1, 0.15) is 6.10 Å². The molecule has 0 saturated carbocycles. The Bertz CT molecular complexity index is 517. The molecule has 1 fully saturated rings. The van der Waals surface area contributed by atoms with Gasteiger partial charge in [0.25, 0.3) is 7.82 Å². The Kier molecular flexibility index (Phi) is 20.2. The summed E-state index contributed by atoms with van der Waals surface area (Å²) < 4.78 is 25.9. The van der Waals surface area contributed by atoms with E-state index >= 15 is 0 Å². The van der Waals surface area contributed by atoms with Crippen molar-refractivity contribution in [3.8, 4) is 0 Å². The number of allylic oxidation sites excluding steroid dienone is 6. The summed E-state index contributed by atoms with van der Waals surface area (Å²) in [6, 6.07) is 0. The van der Waals surface area contributed by atoms with Crippen molar-refractivity contribution >= 4 is 7.82 Å². The van der Waals surface area contributed by atoms with Crippen LogP contribution in [0.1, 0.15) is 71.1 Å². The molecule has 0 aromatic heterocycles. The summed E-state index contributed by atoms with van der Waals surface area (Å²) in [5.41, 5.74) is 0. The van der Waals surface area contributed by atoms with Crippen LogP contribution in [0.15, 0.2) is 36.5 Å².